The zero-order valence-corrected chi connectivity index (χ0v) is 15.0. The highest BCUT2D eigenvalue weighted by Gasteiger charge is 2.24. The van der Waals surface area contributed by atoms with Crippen LogP contribution in [0.3, 0.4) is 0 Å². The van der Waals surface area contributed by atoms with Crippen LogP contribution in [0.25, 0.3) is 0 Å². The Morgan fingerprint density at radius 3 is 1.57 bits per heavy atom. The summed E-state index contributed by atoms with van der Waals surface area (Å²) < 4.78 is 0. The van der Waals surface area contributed by atoms with Crippen LogP contribution >= 0.6 is 11.8 Å². The number of hydrogen-bond acceptors (Lipinski definition) is 1. The highest BCUT2D eigenvalue weighted by molar-refractivity contribution is 8.06. The Bertz CT molecular complexity index is 458. The molecule has 0 heterocycles. The molecule has 0 amide bonds. The summed E-state index contributed by atoms with van der Waals surface area (Å²) in [5.41, 5.74) is 5.93. The monoisotopic (exact) mass is 302 g/mol. The van der Waals surface area contributed by atoms with Gasteiger partial charge in [0, 0.05) is 0 Å². The number of allylic oxidation sites excluding steroid dienone is 6. The molecule has 2 aliphatic carbocycles. The van der Waals surface area contributed by atoms with E-state index in [0.717, 1.165) is 0 Å². The first-order valence-electron chi connectivity index (χ1n) is 8.24. The molecule has 0 fully saturated rings. The Morgan fingerprint density at radius 2 is 1.24 bits per heavy atom. The van der Waals surface area contributed by atoms with E-state index < -0.39 is 0 Å². The van der Waals surface area contributed by atoms with Gasteiger partial charge in [0.25, 0.3) is 0 Å². The second-order valence-electron chi connectivity index (χ2n) is 7.08. The molecule has 0 aromatic rings. The van der Waals surface area contributed by atoms with Gasteiger partial charge in [0.1, 0.15) is 0 Å². The maximum atomic E-state index is 4.18. The van der Waals surface area contributed by atoms with E-state index in [4.69, 9.17) is 0 Å². The SMILES string of the molecule is C=C(C)[C@@H]1CCC(C)=C(SC2=C(C)CC[C@@H](C(=C)C)C2)C1. The third-order valence-corrected chi connectivity index (χ3v) is 6.71. The predicted molar refractivity (Wildman–Crippen MR) is 97.3 cm³/mol. The van der Waals surface area contributed by atoms with Crippen molar-refractivity contribution in [2.24, 2.45) is 11.8 Å². The van der Waals surface area contributed by atoms with Crippen LogP contribution in [0.5, 0.6) is 0 Å². The molecule has 0 aromatic heterocycles. The lowest BCUT2D eigenvalue weighted by molar-refractivity contribution is 0.531. The third kappa shape index (κ3) is 4.16. The van der Waals surface area contributed by atoms with Crippen LogP contribution in [-0.2, 0) is 0 Å². The molecule has 2 aliphatic rings. The molecule has 2 rings (SSSR count). The summed E-state index contributed by atoms with van der Waals surface area (Å²) >= 11 is 2.08. The van der Waals surface area contributed by atoms with Crippen molar-refractivity contribution < 1.29 is 0 Å². The zero-order valence-electron chi connectivity index (χ0n) is 14.2. The lowest BCUT2D eigenvalue weighted by Crippen LogP contribution is -2.12. The van der Waals surface area contributed by atoms with Crippen LogP contribution in [0.4, 0.5) is 0 Å². The van der Waals surface area contributed by atoms with Crippen molar-refractivity contribution in [3.05, 3.63) is 45.3 Å². The average molecular weight is 303 g/mol. The quantitative estimate of drug-likeness (QED) is 0.503. The molecule has 0 saturated heterocycles. The normalized spacial score (nSPS) is 27.0. The van der Waals surface area contributed by atoms with Crippen LogP contribution in [-0.4, -0.2) is 0 Å². The van der Waals surface area contributed by atoms with Gasteiger partial charge < -0.3 is 0 Å². The van der Waals surface area contributed by atoms with Gasteiger partial charge in [0.05, 0.1) is 0 Å². The zero-order chi connectivity index (χ0) is 15.6. The van der Waals surface area contributed by atoms with Crippen LogP contribution in [0.15, 0.2) is 45.3 Å². The lowest BCUT2D eigenvalue weighted by Gasteiger charge is -2.30. The Morgan fingerprint density at radius 1 is 0.857 bits per heavy atom. The third-order valence-electron chi connectivity index (χ3n) is 5.19. The Kier molecular flexibility index (Phi) is 5.60. The van der Waals surface area contributed by atoms with Crippen LogP contribution in [0, 0.1) is 11.8 Å². The molecule has 0 aliphatic heterocycles. The Labute approximate surface area is 135 Å². The van der Waals surface area contributed by atoms with Crippen LogP contribution in [0.2, 0.25) is 0 Å². The van der Waals surface area contributed by atoms with E-state index >= 15 is 0 Å². The molecule has 116 valence electrons. The van der Waals surface area contributed by atoms with Gasteiger partial charge in [-0.05, 0) is 87.9 Å². The summed E-state index contributed by atoms with van der Waals surface area (Å²) in [5.74, 6) is 1.38. The molecule has 0 saturated carbocycles. The van der Waals surface area contributed by atoms with Gasteiger partial charge in [-0.3, -0.25) is 0 Å². The van der Waals surface area contributed by atoms with E-state index in [-0.39, 0.29) is 0 Å². The summed E-state index contributed by atoms with van der Waals surface area (Å²) in [6, 6.07) is 0. The summed E-state index contributed by atoms with van der Waals surface area (Å²) in [6.45, 7) is 17.4. The minimum absolute atomic E-state index is 0.692. The standard InChI is InChI=1S/C20H30S/c1-13(2)17-9-7-15(5)19(11-17)21-20-12-18(14(3)4)10-8-16(20)6/h17-18H,1,3,7-12H2,2,4-6H3/t17-,18-/m1/s1. The smallest absolute Gasteiger partial charge is 0.0110 e. The molecule has 0 nitrogen and oxygen atoms in total. The molecule has 21 heavy (non-hydrogen) atoms. The summed E-state index contributed by atoms with van der Waals surface area (Å²) in [7, 11) is 0. The van der Waals surface area contributed by atoms with E-state index in [1.54, 1.807) is 21.0 Å². The average Bonchev–Trinajstić information content (AvgIpc) is 2.43. The predicted octanol–water partition coefficient (Wildman–Crippen LogP) is 7.02. The first kappa shape index (κ1) is 16.7. The molecule has 0 aromatic carbocycles. The lowest BCUT2D eigenvalue weighted by atomic mass is 9.85. The van der Waals surface area contributed by atoms with Crippen molar-refractivity contribution >= 4 is 11.8 Å². The largest absolute Gasteiger partial charge is 0.0998 e. The molecule has 0 bridgehead atoms. The number of thioether (sulfide) groups is 1. The summed E-state index contributed by atoms with van der Waals surface area (Å²) in [4.78, 5) is 3.23. The molecule has 0 radical (unpaired) electrons. The van der Waals surface area contributed by atoms with Crippen LogP contribution in [0.1, 0.15) is 66.2 Å². The molecule has 0 spiro atoms. The fraction of sp³-hybridized carbons (Fsp3) is 0.600. The maximum Gasteiger partial charge on any atom is -0.0110 e. The fourth-order valence-corrected chi connectivity index (χ4v) is 4.73. The minimum Gasteiger partial charge on any atom is -0.0998 e. The molecule has 0 unspecified atom stereocenters. The molecular weight excluding hydrogens is 272 g/mol. The van der Waals surface area contributed by atoms with Crippen molar-refractivity contribution in [1.82, 2.24) is 0 Å². The summed E-state index contributed by atoms with van der Waals surface area (Å²) in [6.07, 6.45) is 7.49. The Balaban J connectivity index is 2.12. The number of hydrogen-bond donors (Lipinski definition) is 0. The van der Waals surface area contributed by atoms with Gasteiger partial charge in [-0.15, -0.1) is 0 Å². The van der Waals surface area contributed by atoms with E-state index in [2.05, 4.69) is 52.6 Å². The highest BCUT2D eigenvalue weighted by atomic mass is 32.2. The second kappa shape index (κ2) is 7.05. The second-order valence-corrected chi connectivity index (χ2v) is 8.27. The van der Waals surface area contributed by atoms with Crippen LogP contribution < -0.4 is 0 Å². The number of rotatable bonds is 4. The molecule has 2 atom stereocenters. The molecule has 0 N–H and O–H groups in total. The van der Waals surface area contributed by atoms with E-state index in [9.17, 15) is 0 Å². The van der Waals surface area contributed by atoms with Crippen molar-refractivity contribution in [2.75, 3.05) is 0 Å². The fourth-order valence-electron chi connectivity index (χ4n) is 3.31. The van der Waals surface area contributed by atoms with Crippen molar-refractivity contribution in [3.8, 4) is 0 Å². The van der Waals surface area contributed by atoms with Crippen molar-refractivity contribution in [1.29, 1.82) is 0 Å². The van der Waals surface area contributed by atoms with Gasteiger partial charge in [0.2, 0.25) is 0 Å². The first-order valence-corrected chi connectivity index (χ1v) is 9.06. The van der Waals surface area contributed by atoms with Gasteiger partial charge in [-0.25, -0.2) is 0 Å². The molecule has 1 heteroatoms. The van der Waals surface area contributed by atoms with Gasteiger partial charge in [-0.2, -0.15) is 0 Å². The van der Waals surface area contributed by atoms with Crippen molar-refractivity contribution in [3.63, 3.8) is 0 Å². The van der Waals surface area contributed by atoms with Gasteiger partial charge >= 0.3 is 0 Å². The van der Waals surface area contributed by atoms with E-state index in [1.807, 2.05) is 0 Å². The topological polar surface area (TPSA) is 0 Å². The first-order chi connectivity index (χ1) is 9.88. The van der Waals surface area contributed by atoms with Crippen molar-refractivity contribution in [2.45, 2.75) is 66.2 Å². The summed E-state index contributed by atoms with van der Waals surface area (Å²) in [5, 5.41) is 0. The van der Waals surface area contributed by atoms with E-state index in [1.165, 1.54) is 49.7 Å². The Hall–Kier alpha value is -0.690. The van der Waals surface area contributed by atoms with Gasteiger partial charge in [0.15, 0.2) is 0 Å². The van der Waals surface area contributed by atoms with Gasteiger partial charge in [-0.1, -0.05) is 47.2 Å². The molecular formula is C20H30S. The van der Waals surface area contributed by atoms with E-state index in [0.29, 0.717) is 11.8 Å². The highest BCUT2D eigenvalue weighted by Crippen LogP contribution is 2.46. The minimum atomic E-state index is 0.692. The maximum absolute atomic E-state index is 4.18.